The van der Waals surface area contributed by atoms with E-state index in [1.165, 1.54) is 18.2 Å². The topological polar surface area (TPSA) is 39.1 Å². The number of carbonyl (C=O) groups excluding carboxylic acids is 1. The highest BCUT2D eigenvalue weighted by Gasteiger charge is 2.29. The van der Waals surface area contributed by atoms with E-state index in [-0.39, 0.29) is 0 Å². The van der Waals surface area contributed by atoms with Crippen LogP contribution >= 0.6 is 22.9 Å². The van der Waals surface area contributed by atoms with Crippen LogP contribution in [0.15, 0.2) is 77.6 Å². The molecule has 0 saturated heterocycles. The lowest BCUT2D eigenvalue weighted by Crippen LogP contribution is -2.19. The number of rotatable bonds is 3. The molecule has 0 fully saturated rings. The van der Waals surface area contributed by atoms with Gasteiger partial charge in [0.05, 0.1) is 15.8 Å². The lowest BCUT2D eigenvalue weighted by atomic mass is 10.0. The third kappa shape index (κ3) is 4.47. The molecule has 0 unspecified atom stereocenters. The zero-order chi connectivity index (χ0) is 22.2. The Hall–Kier alpha value is -3.16. The molecule has 1 aromatic heterocycles. The third-order valence-electron chi connectivity index (χ3n) is 4.61. The summed E-state index contributed by atoms with van der Waals surface area (Å²) in [6.07, 6.45) is -1.55. The lowest BCUT2D eigenvalue weighted by molar-refractivity contribution is -0.137. The smallest absolute Gasteiger partial charge is 0.269 e. The van der Waals surface area contributed by atoms with E-state index in [1.54, 1.807) is 48.5 Å². The lowest BCUT2D eigenvalue weighted by Gasteiger charge is -2.08. The van der Waals surface area contributed by atoms with Gasteiger partial charge in [-0.2, -0.15) is 13.2 Å². The van der Waals surface area contributed by atoms with Crippen LogP contribution in [0.1, 0.15) is 15.9 Å². The molecule has 156 valence electrons. The SMILES string of the molecule is O=C(C=Cc1cccc(-c2ccc(C(F)(F)F)cc2)c1)n1c(=O)sc2cc(Cl)ccc21. The van der Waals surface area contributed by atoms with Crippen LogP contribution in [-0.4, -0.2) is 10.5 Å². The van der Waals surface area contributed by atoms with Crippen molar-refractivity contribution in [2.75, 3.05) is 0 Å². The fourth-order valence-corrected chi connectivity index (χ4v) is 4.27. The standard InChI is InChI=1S/C23H13ClF3NO2S/c24-18-9-10-19-20(13-18)31-22(30)28(19)21(29)11-4-14-2-1-3-16(12-14)15-5-7-17(8-6-15)23(25,26)27/h1-13H. The summed E-state index contributed by atoms with van der Waals surface area (Å²) < 4.78 is 39.9. The van der Waals surface area contributed by atoms with Gasteiger partial charge < -0.3 is 0 Å². The first-order chi connectivity index (χ1) is 14.7. The van der Waals surface area contributed by atoms with Crippen LogP contribution in [0.25, 0.3) is 27.4 Å². The summed E-state index contributed by atoms with van der Waals surface area (Å²) in [4.78, 5) is 24.5. The van der Waals surface area contributed by atoms with Gasteiger partial charge in [-0.05, 0) is 59.2 Å². The van der Waals surface area contributed by atoms with Gasteiger partial charge in [0.25, 0.3) is 5.91 Å². The summed E-state index contributed by atoms with van der Waals surface area (Å²) in [5.74, 6) is -0.501. The Labute approximate surface area is 183 Å². The van der Waals surface area contributed by atoms with Gasteiger partial charge in [-0.1, -0.05) is 53.3 Å². The molecule has 0 spiro atoms. The number of carbonyl (C=O) groups is 1. The zero-order valence-electron chi connectivity index (χ0n) is 15.7. The Morgan fingerprint density at radius 3 is 2.42 bits per heavy atom. The minimum absolute atomic E-state index is 0.412. The highest BCUT2D eigenvalue weighted by atomic mass is 35.5. The predicted octanol–water partition coefficient (Wildman–Crippen LogP) is 6.76. The number of fused-ring (bicyclic) bond motifs is 1. The number of hydrogen-bond donors (Lipinski definition) is 0. The van der Waals surface area contributed by atoms with Gasteiger partial charge in [-0.15, -0.1) is 0 Å². The minimum atomic E-state index is -4.39. The molecule has 0 N–H and O–H groups in total. The van der Waals surface area contributed by atoms with Crippen LogP contribution < -0.4 is 4.87 Å². The van der Waals surface area contributed by atoms with Gasteiger partial charge >= 0.3 is 11.0 Å². The van der Waals surface area contributed by atoms with Gasteiger partial charge in [-0.3, -0.25) is 9.59 Å². The molecule has 0 aliphatic rings. The molecule has 0 saturated carbocycles. The third-order valence-corrected chi connectivity index (χ3v) is 5.75. The van der Waals surface area contributed by atoms with Gasteiger partial charge in [0.2, 0.25) is 0 Å². The Morgan fingerprint density at radius 2 is 1.71 bits per heavy atom. The molecular formula is C23H13ClF3NO2S. The summed E-state index contributed by atoms with van der Waals surface area (Å²) in [6.45, 7) is 0. The number of benzene rings is 3. The maximum Gasteiger partial charge on any atom is 0.416 e. The average molecular weight is 460 g/mol. The van der Waals surface area contributed by atoms with Crippen molar-refractivity contribution in [2.45, 2.75) is 6.18 Å². The molecule has 0 radical (unpaired) electrons. The van der Waals surface area contributed by atoms with Crippen LogP contribution in [-0.2, 0) is 6.18 Å². The summed E-state index contributed by atoms with van der Waals surface area (Å²) in [6, 6.07) is 16.7. The summed E-state index contributed by atoms with van der Waals surface area (Å²) in [5.41, 5.74) is 1.75. The van der Waals surface area contributed by atoms with Crippen molar-refractivity contribution >= 4 is 45.1 Å². The summed E-state index contributed by atoms with van der Waals surface area (Å²) in [5, 5.41) is 0.476. The molecule has 0 atom stereocenters. The number of alkyl halides is 3. The first-order valence-electron chi connectivity index (χ1n) is 9.03. The fourth-order valence-electron chi connectivity index (χ4n) is 3.12. The summed E-state index contributed by atoms with van der Waals surface area (Å²) in [7, 11) is 0. The second-order valence-corrected chi connectivity index (χ2v) is 8.12. The average Bonchev–Trinajstić information content (AvgIpc) is 3.06. The van der Waals surface area contributed by atoms with Gasteiger partial charge in [0.1, 0.15) is 0 Å². The first kappa shape index (κ1) is 21.1. The molecule has 0 amide bonds. The Morgan fingerprint density at radius 1 is 0.968 bits per heavy atom. The van der Waals surface area contributed by atoms with E-state index in [9.17, 15) is 22.8 Å². The largest absolute Gasteiger partial charge is 0.416 e. The number of thiazole rings is 1. The van der Waals surface area contributed by atoms with Crippen molar-refractivity contribution in [3.8, 4) is 11.1 Å². The van der Waals surface area contributed by atoms with Gasteiger partial charge in [0, 0.05) is 11.1 Å². The molecule has 0 aliphatic heterocycles. The number of hydrogen-bond acceptors (Lipinski definition) is 3. The highest BCUT2D eigenvalue weighted by Crippen LogP contribution is 2.31. The molecule has 31 heavy (non-hydrogen) atoms. The van der Waals surface area contributed by atoms with E-state index in [1.807, 2.05) is 0 Å². The number of aromatic nitrogens is 1. The minimum Gasteiger partial charge on any atom is -0.269 e. The zero-order valence-corrected chi connectivity index (χ0v) is 17.3. The van der Waals surface area contributed by atoms with Crippen molar-refractivity contribution < 1.29 is 18.0 Å². The molecule has 4 rings (SSSR count). The van der Waals surface area contributed by atoms with Crippen LogP contribution in [0, 0.1) is 0 Å². The van der Waals surface area contributed by atoms with Crippen LogP contribution in [0.2, 0.25) is 5.02 Å². The second-order valence-electron chi connectivity index (χ2n) is 6.69. The molecule has 4 aromatic rings. The van der Waals surface area contributed by atoms with Crippen molar-refractivity contribution in [3.05, 3.63) is 98.6 Å². The Kier molecular flexibility index (Phi) is 5.56. The molecular weight excluding hydrogens is 447 g/mol. The second kappa shape index (κ2) is 8.17. The number of halogens is 4. The van der Waals surface area contributed by atoms with Crippen LogP contribution in [0.3, 0.4) is 0 Å². The van der Waals surface area contributed by atoms with Crippen molar-refractivity contribution in [2.24, 2.45) is 0 Å². The van der Waals surface area contributed by atoms with E-state index >= 15 is 0 Å². The molecule has 3 aromatic carbocycles. The Balaban J connectivity index is 1.60. The van der Waals surface area contributed by atoms with E-state index in [2.05, 4.69) is 0 Å². The van der Waals surface area contributed by atoms with Crippen molar-refractivity contribution in [1.29, 1.82) is 0 Å². The Bertz CT molecular complexity index is 1370. The maximum absolute atomic E-state index is 12.8. The molecule has 8 heteroatoms. The molecule has 0 bridgehead atoms. The van der Waals surface area contributed by atoms with E-state index in [0.29, 0.717) is 31.9 Å². The molecule has 0 aliphatic carbocycles. The van der Waals surface area contributed by atoms with E-state index in [4.69, 9.17) is 11.6 Å². The first-order valence-corrected chi connectivity index (χ1v) is 10.2. The monoisotopic (exact) mass is 459 g/mol. The maximum atomic E-state index is 12.8. The van der Waals surface area contributed by atoms with Crippen LogP contribution in [0.4, 0.5) is 13.2 Å². The van der Waals surface area contributed by atoms with Crippen molar-refractivity contribution in [3.63, 3.8) is 0 Å². The number of nitrogens with zero attached hydrogens (tertiary/aromatic N) is 1. The van der Waals surface area contributed by atoms with Gasteiger partial charge in [-0.25, -0.2) is 4.57 Å². The molecule has 1 heterocycles. The normalized spacial score (nSPS) is 12.0. The van der Waals surface area contributed by atoms with E-state index in [0.717, 1.165) is 28.0 Å². The summed E-state index contributed by atoms with van der Waals surface area (Å²) >= 11 is 6.87. The highest BCUT2D eigenvalue weighted by molar-refractivity contribution is 7.16. The quantitative estimate of drug-likeness (QED) is 0.318. The van der Waals surface area contributed by atoms with Crippen molar-refractivity contribution in [1.82, 2.24) is 4.57 Å². The van der Waals surface area contributed by atoms with E-state index < -0.39 is 22.5 Å². The fraction of sp³-hybridized carbons (Fsp3) is 0.0435. The molecule has 3 nitrogen and oxygen atoms in total. The van der Waals surface area contributed by atoms with Gasteiger partial charge in [0.15, 0.2) is 0 Å². The van der Waals surface area contributed by atoms with Crippen LogP contribution in [0.5, 0.6) is 0 Å². The number of allylic oxidation sites excluding steroid dienone is 1. The predicted molar refractivity (Wildman–Crippen MR) is 118 cm³/mol.